The van der Waals surface area contributed by atoms with E-state index in [9.17, 15) is 0 Å². The number of aliphatic hydroxyl groups is 1. The lowest BCUT2D eigenvalue weighted by Crippen LogP contribution is -2.25. The van der Waals surface area contributed by atoms with Crippen molar-refractivity contribution in [2.24, 2.45) is 5.92 Å². The fourth-order valence-corrected chi connectivity index (χ4v) is 2.66. The van der Waals surface area contributed by atoms with Crippen molar-refractivity contribution < 1.29 is 5.11 Å². The van der Waals surface area contributed by atoms with Gasteiger partial charge < -0.3 is 10.4 Å². The van der Waals surface area contributed by atoms with E-state index in [1.807, 2.05) is 12.1 Å². The van der Waals surface area contributed by atoms with Crippen molar-refractivity contribution in [2.75, 3.05) is 0 Å². The van der Waals surface area contributed by atoms with Gasteiger partial charge in [0.1, 0.15) is 0 Å². The molecule has 0 spiro atoms. The van der Waals surface area contributed by atoms with Crippen LogP contribution in [0.25, 0.3) is 0 Å². The molecule has 1 aliphatic rings. The second-order valence-electron chi connectivity index (χ2n) is 5.14. The molecule has 0 amide bonds. The van der Waals surface area contributed by atoms with E-state index < -0.39 is 0 Å². The highest BCUT2D eigenvalue weighted by atomic mass is 16.3. The Balaban J connectivity index is 1.78. The van der Waals surface area contributed by atoms with Gasteiger partial charge in [0.2, 0.25) is 0 Å². The van der Waals surface area contributed by atoms with Crippen LogP contribution >= 0.6 is 0 Å². The standard InChI is InChI=1S/C15H23NO/c1-2-12-7-8-15(9-12)16-10-13-3-5-14(11-17)6-4-13/h3-6,12,15-17H,2,7-11H2,1H3. The molecule has 94 valence electrons. The Labute approximate surface area is 104 Å². The number of benzene rings is 1. The first-order chi connectivity index (χ1) is 8.31. The van der Waals surface area contributed by atoms with Crippen LogP contribution in [0.15, 0.2) is 24.3 Å². The molecular weight excluding hydrogens is 210 g/mol. The van der Waals surface area contributed by atoms with Crippen LogP contribution in [0.4, 0.5) is 0 Å². The second kappa shape index (κ2) is 6.18. The predicted octanol–water partition coefficient (Wildman–Crippen LogP) is 2.85. The molecule has 2 N–H and O–H groups in total. The van der Waals surface area contributed by atoms with E-state index in [1.54, 1.807) is 0 Å². The first-order valence-corrected chi connectivity index (χ1v) is 6.74. The van der Waals surface area contributed by atoms with Gasteiger partial charge in [-0.3, -0.25) is 0 Å². The van der Waals surface area contributed by atoms with Crippen molar-refractivity contribution in [3.05, 3.63) is 35.4 Å². The highest BCUT2D eigenvalue weighted by Crippen LogP contribution is 2.27. The fraction of sp³-hybridized carbons (Fsp3) is 0.600. The first kappa shape index (κ1) is 12.6. The molecule has 17 heavy (non-hydrogen) atoms. The molecule has 1 aromatic rings. The Morgan fingerprint density at radius 1 is 1.18 bits per heavy atom. The Bertz CT molecular complexity index is 333. The van der Waals surface area contributed by atoms with Gasteiger partial charge >= 0.3 is 0 Å². The van der Waals surface area contributed by atoms with E-state index in [4.69, 9.17) is 5.11 Å². The highest BCUT2D eigenvalue weighted by Gasteiger charge is 2.22. The normalized spacial score (nSPS) is 24.1. The smallest absolute Gasteiger partial charge is 0.0681 e. The van der Waals surface area contributed by atoms with Gasteiger partial charge in [0.15, 0.2) is 0 Å². The zero-order valence-corrected chi connectivity index (χ0v) is 10.7. The number of rotatable bonds is 5. The quantitative estimate of drug-likeness (QED) is 0.819. The second-order valence-corrected chi connectivity index (χ2v) is 5.14. The summed E-state index contributed by atoms with van der Waals surface area (Å²) < 4.78 is 0. The van der Waals surface area contributed by atoms with Crippen LogP contribution in [0.1, 0.15) is 43.7 Å². The van der Waals surface area contributed by atoms with Gasteiger partial charge in [-0.25, -0.2) is 0 Å². The van der Waals surface area contributed by atoms with E-state index in [-0.39, 0.29) is 6.61 Å². The summed E-state index contributed by atoms with van der Waals surface area (Å²) >= 11 is 0. The first-order valence-electron chi connectivity index (χ1n) is 6.74. The summed E-state index contributed by atoms with van der Waals surface area (Å²) in [6, 6.07) is 8.91. The van der Waals surface area contributed by atoms with Crippen LogP contribution < -0.4 is 5.32 Å². The van der Waals surface area contributed by atoms with Crippen molar-refractivity contribution in [1.82, 2.24) is 5.32 Å². The largest absolute Gasteiger partial charge is 0.392 e. The van der Waals surface area contributed by atoms with Crippen molar-refractivity contribution in [1.29, 1.82) is 0 Å². The van der Waals surface area contributed by atoms with E-state index in [0.717, 1.165) is 18.0 Å². The molecule has 2 unspecified atom stereocenters. The minimum Gasteiger partial charge on any atom is -0.392 e. The maximum atomic E-state index is 8.97. The molecule has 2 heteroatoms. The van der Waals surface area contributed by atoms with Crippen LogP contribution in [-0.4, -0.2) is 11.1 Å². The highest BCUT2D eigenvalue weighted by molar-refractivity contribution is 5.21. The summed E-state index contributed by atoms with van der Waals surface area (Å²) in [7, 11) is 0. The van der Waals surface area contributed by atoms with E-state index in [2.05, 4.69) is 24.4 Å². The average Bonchev–Trinajstić information content (AvgIpc) is 2.85. The zero-order chi connectivity index (χ0) is 12.1. The summed E-state index contributed by atoms with van der Waals surface area (Å²) in [5, 5.41) is 12.6. The molecule has 2 atom stereocenters. The summed E-state index contributed by atoms with van der Waals surface area (Å²) in [5.74, 6) is 0.935. The summed E-state index contributed by atoms with van der Waals surface area (Å²) in [5.41, 5.74) is 2.29. The van der Waals surface area contributed by atoms with Crippen LogP contribution in [0.2, 0.25) is 0 Å². The van der Waals surface area contributed by atoms with E-state index >= 15 is 0 Å². The molecule has 0 aromatic heterocycles. The third-order valence-corrected chi connectivity index (χ3v) is 3.92. The molecule has 1 fully saturated rings. The molecule has 0 bridgehead atoms. The van der Waals surface area contributed by atoms with Crippen molar-refractivity contribution in [3.8, 4) is 0 Å². The van der Waals surface area contributed by atoms with Crippen LogP contribution in [-0.2, 0) is 13.2 Å². The summed E-state index contributed by atoms with van der Waals surface area (Å²) in [4.78, 5) is 0. The fourth-order valence-electron chi connectivity index (χ4n) is 2.66. The minimum atomic E-state index is 0.133. The lowest BCUT2D eigenvalue weighted by Gasteiger charge is -2.13. The van der Waals surface area contributed by atoms with Crippen molar-refractivity contribution in [3.63, 3.8) is 0 Å². The molecule has 1 aromatic carbocycles. The molecule has 0 heterocycles. The lowest BCUT2D eigenvalue weighted by molar-refractivity contribution is 0.282. The molecule has 0 radical (unpaired) electrons. The molecule has 1 saturated carbocycles. The maximum absolute atomic E-state index is 8.97. The Kier molecular flexibility index (Phi) is 4.57. The van der Waals surface area contributed by atoms with Gasteiger partial charge in [-0.2, -0.15) is 0 Å². The molecule has 0 aliphatic heterocycles. The van der Waals surface area contributed by atoms with Crippen LogP contribution in [0, 0.1) is 5.92 Å². The van der Waals surface area contributed by atoms with Crippen LogP contribution in [0.5, 0.6) is 0 Å². The van der Waals surface area contributed by atoms with E-state index in [0.29, 0.717) is 6.04 Å². The third kappa shape index (κ3) is 3.55. The Hall–Kier alpha value is -0.860. The van der Waals surface area contributed by atoms with Gasteiger partial charge in [-0.05, 0) is 36.3 Å². The van der Waals surface area contributed by atoms with Gasteiger partial charge in [-0.1, -0.05) is 37.6 Å². The Morgan fingerprint density at radius 2 is 1.88 bits per heavy atom. The van der Waals surface area contributed by atoms with Gasteiger partial charge in [0, 0.05) is 12.6 Å². The van der Waals surface area contributed by atoms with Gasteiger partial charge in [0.05, 0.1) is 6.61 Å². The lowest BCUT2D eigenvalue weighted by atomic mass is 10.1. The number of hydrogen-bond donors (Lipinski definition) is 2. The van der Waals surface area contributed by atoms with Crippen molar-refractivity contribution >= 4 is 0 Å². The molecular formula is C15H23NO. The topological polar surface area (TPSA) is 32.3 Å². The van der Waals surface area contributed by atoms with Crippen LogP contribution in [0.3, 0.4) is 0 Å². The summed E-state index contributed by atoms with van der Waals surface area (Å²) in [6.07, 6.45) is 5.37. The number of nitrogens with one attached hydrogen (secondary N) is 1. The number of aliphatic hydroxyl groups excluding tert-OH is 1. The third-order valence-electron chi connectivity index (χ3n) is 3.92. The molecule has 1 aliphatic carbocycles. The minimum absolute atomic E-state index is 0.133. The van der Waals surface area contributed by atoms with Crippen molar-refractivity contribution in [2.45, 2.75) is 51.8 Å². The molecule has 2 rings (SSSR count). The Morgan fingerprint density at radius 3 is 2.47 bits per heavy atom. The molecule has 0 saturated heterocycles. The molecule has 2 nitrogen and oxygen atoms in total. The monoisotopic (exact) mass is 233 g/mol. The predicted molar refractivity (Wildman–Crippen MR) is 70.6 cm³/mol. The maximum Gasteiger partial charge on any atom is 0.0681 e. The average molecular weight is 233 g/mol. The number of hydrogen-bond acceptors (Lipinski definition) is 2. The van der Waals surface area contributed by atoms with E-state index in [1.165, 1.54) is 31.2 Å². The van der Waals surface area contributed by atoms with Gasteiger partial charge in [0.25, 0.3) is 0 Å². The SMILES string of the molecule is CCC1CCC(NCc2ccc(CO)cc2)C1. The zero-order valence-electron chi connectivity index (χ0n) is 10.7. The summed E-state index contributed by atoms with van der Waals surface area (Å²) in [6.45, 7) is 3.38. The van der Waals surface area contributed by atoms with Gasteiger partial charge in [-0.15, -0.1) is 0 Å².